The van der Waals surface area contributed by atoms with Gasteiger partial charge in [-0.3, -0.25) is 5.32 Å². The number of rotatable bonds is 12. The molecule has 0 aliphatic carbocycles. The highest BCUT2D eigenvalue weighted by Gasteiger charge is 2.53. The molecule has 0 spiro atoms. The molecular formula is C41H37BF4NO3P. The zero-order valence-corrected chi connectivity index (χ0v) is 28.6. The highest BCUT2D eigenvalue weighted by molar-refractivity contribution is 7.96. The van der Waals surface area contributed by atoms with Crippen molar-refractivity contribution in [3.63, 3.8) is 0 Å². The van der Waals surface area contributed by atoms with Crippen LogP contribution in [0.1, 0.15) is 16.7 Å². The summed E-state index contributed by atoms with van der Waals surface area (Å²) in [4.78, 5) is 13.7. The van der Waals surface area contributed by atoms with Crippen LogP contribution < -0.4 is 26.0 Å². The minimum Gasteiger partial charge on any atom is -0.489 e. The van der Waals surface area contributed by atoms with E-state index in [1.807, 2.05) is 78.9 Å². The van der Waals surface area contributed by atoms with E-state index < -0.39 is 20.6 Å². The second-order valence-electron chi connectivity index (χ2n) is 11.6. The molecule has 0 fully saturated rings. The van der Waals surface area contributed by atoms with Crippen LogP contribution in [0.5, 0.6) is 5.75 Å². The number of benzene rings is 6. The first kappa shape index (κ1) is 36.9. The zero-order chi connectivity index (χ0) is 35.9. The molecule has 6 aromatic carbocycles. The van der Waals surface area contributed by atoms with Crippen molar-refractivity contribution < 1.29 is 31.5 Å². The molecule has 1 atom stereocenters. The molecule has 0 unspecified atom stereocenters. The van der Waals surface area contributed by atoms with Crippen molar-refractivity contribution in [2.75, 3.05) is 0 Å². The number of carbonyl (C=O) groups is 1. The van der Waals surface area contributed by atoms with Crippen molar-refractivity contribution in [2.45, 2.75) is 25.4 Å². The average molecular weight is 710 g/mol. The lowest BCUT2D eigenvalue weighted by Crippen LogP contribution is -2.48. The van der Waals surface area contributed by atoms with Crippen molar-refractivity contribution in [3.05, 3.63) is 193 Å². The molecule has 0 saturated carbocycles. The van der Waals surface area contributed by atoms with Crippen molar-refractivity contribution in [1.82, 2.24) is 5.32 Å². The van der Waals surface area contributed by atoms with Crippen LogP contribution in [-0.2, 0) is 24.4 Å². The third-order valence-electron chi connectivity index (χ3n) is 8.06. The summed E-state index contributed by atoms with van der Waals surface area (Å²) < 4.78 is 50.9. The van der Waals surface area contributed by atoms with Gasteiger partial charge in [-0.2, -0.15) is 0 Å². The summed E-state index contributed by atoms with van der Waals surface area (Å²) in [5, 5.41) is 6.94. The van der Waals surface area contributed by atoms with Gasteiger partial charge in [0.25, 0.3) is 0 Å². The van der Waals surface area contributed by atoms with E-state index in [1.54, 1.807) is 0 Å². The first-order valence-corrected chi connectivity index (χ1v) is 18.2. The fourth-order valence-corrected chi connectivity index (χ4v) is 10.5. The molecule has 1 N–H and O–H groups in total. The van der Waals surface area contributed by atoms with Gasteiger partial charge in [-0.1, -0.05) is 127 Å². The molecule has 0 aromatic heterocycles. The third-order valence-corrected chi connectivity index (χ3v) is 12.6. The van der Waals surface area contributed by atoms with Crippen LogP contribution in [0.3, 0.4) is 0 Å². The van der Waals surface area contributed by atoms with Crippen molar-refractivity contribution in [3.8, 4) is 5.75 Å². The van der Waals surface area contributed by atoms with Crippen LogP contribution in [0.4, 0.5) is 22.1 Å². The summed E-state index contributed by atoms with van der Waals surface area (Å²) in [5.41, 5.74) is 3.15. The molecule has 0 aliphatic heterocycles. The van der Waals surface area contributed by atoms with Crippen molar-refractivity contribution in [1.29, 1.82) is 0 Å². The number of carbonyl (C=O) groups excluding carboxylic acids is 1. The van der Waals surface area contributed by atoms with Gasteiger partial charge in [0.1, 0.15) is 42.1 Å². The second kappa shape index (κ2) is 18.0. The van der Waals surface area contributed by atoms with Gasteiger partial charge >= 0.3 is 13.3 Å². The Labute approximate surface area is 296 Å². The molecule has 6 aromatic rings. The molecule has 4 nitrogen and oxygen atoms in total. The second-order valence-corrected chi connectivity index (χ2v) is 15.2. The summed E-state index contributed by atoms with van der Waals surface area (Å²) in [6.07, 6.45) is 0.148. The molecule has 10 heteroatoms. The Morgan fingerprint density at radius 3 is 1.31 bits per heavy atom. The fourth-order valence-electron chi connectivity index (χ4n) is 5.85. The predicted octanol–water partition coefficient (Wildman–Crippen LogP) is 9.35. The van der Waals surface area contributed by atoms with E-state index in [0.717, 1.165) is 22.4 Å². The van der Waals surface area contributed by atoms with Gasteiger partial charge in [-0.15, -0.1) is 0 Å². The average Bonchev–Trinajstić information content (AvgIpc) is 3.15. The van der Waals surface area contributed by atoms with Crippen LogP contribution in [0.25, 0.3) is 0 Å². The monoisotopic (exact) mass is 709 g/mol. The molecular weight excluding hydrogens is 672 g/mol. The Balaban J connectivity index is 0.000000943. The van der Waals surface area contributed by atoms with E-state index >= 15 is 0 Å². The number of amides is 1. The minimum absolute atomic E-state index is 0.195. The smallest absolute Gasteiger partial charge is 0.489 e. The number of halogens is 4. The molecule has 0 aliphatic rings. The van der Waals surface area contributed by atoms with Crippen LogP contribution in [0.15, 0.2) is 176 Å². The quantitative estimate of drug-likeness (QED) is 0.0783. The lowest BCUT2D eigenvalue weighted by molar-refractivity contribution is 0.138. The summed E-state index contributed by atoms with van der Waals surface area (Å²) in [6, 6.07) is 59.9. The minimum atomic E-state index is -6.00. The molecule has 0 radical (unpaired) electrons. The number of hydrogen-bond acceptors (Lipinski definition) is 3. The third kappa shape index (κ3) is 10.8. The van der Waals surface area contributed by atoms with Gasteiger partial charge in [0.15, 0.2) is 5.78 Å². The molecule has 260 valence electrons. The summed E-state index contributed by atoms with van der Waals surface area (Å²) in [5.74, 6) is 0.494. The summed E-state index contributed by atoms with van der Waals surface area (Å²) >= 11 is 0. The van der Waals surface area contributed by atoms with Crippen LogP contribution in [0, 0.1) is 0 Å². The van der Waals surface area contributed by atoms with Gasteiger partial charge < -0.3 is 26.7 Å². The summed E-state index contributed by atoms with van der Waals surface area (Å²) in [6.45, 7) is 0.697. The van der Waals surface area contributed by atoms with Crippen LogP contribution >= 0.6 is 7.26 Å². The molecule has 0 bridgehead atoms. The SMILES string of the molecule is F[B-](F)(F)F.O=C(N[C@H](Cc1ccc(OCc2ccccc2)cc1)[P+](c1ccccc1)(c1ccccc1)c1ccccc1)OCc1ccccc1. The zero-order valence-electron chi connectivity index (χ0n) is 27.7. The number of alkyl carbamates (subject to hydrolysis) is 1. The van der Waals surface area contributed by atoms with Crippen LogP contribution in [-0.4, -0.2) is 19.1 Å². The lowest BCUT2D eigenvalue weighted by Gasteiger charge is -2.35. The molecule has 51 heavy (non-hydrogen) atoms. The fraction of sp³-hybridized carbons (Fsp3) is 0.0976. The largest absolute Gasteiger partial charge is 0.673 e. The highest BCUT2D eigenvalue weighted by atomic mass is 31.2. The van der Waals surface area contributed by atoms with Gasteiger partial charge in [0, 0.05) is 6.42 Å². The lowest BCUT2D eigenvalue weighted by atomic mass is 10.1. The Morgan fingerprint density at radius 2 is 0.902 bits per heavy atom. The maximum absolute atomic E-state index is 13.7. The van der Waals surface area contributed by atoms with Crippen LogP contribution in [0.2, 0.25) is 0 Å². The standard InChI is InChI=1S/C41H36NO3P.BF4/c43-41(45-32-35-18-8-2-9-19-35)42-40(30-33-26-28-36(29-27-33)44-31-34-16-6-1-7-17-34)46(37-20-10-3-11-21-37,38-22-12-4-13-23-38)39-24-14-5-15-25-39;2-1(3,4)5/h1-29,40H,30-32H2;/q;-1/p+1/t40-;/m0./s1. The van der Waals surface area contributed by atoms with Gasteiger partial charge in [-0.05, 0) is 65.2 Å². The first-order chi connectivity index (χ1) is 24.7. The Morgan fingerprint density at radius 1 is 0.529 bits per heavy atom. The van der Waals surface area contributed by atoms with Gasteiger partial charge in [-0.25, -0.2) is 4.79 Å². The van der Waals surface area contributed by atoms with E-state index in [9.17, 15) is 22.1 Å². The number of hydrogen-bond donors (Lipinski definition) is 1. The van der Waals surface area contributed by atoms with Gasteiger partial charge in [0.05, 0.1) is 0 Å². The first-order valence-electron chi connectivity index (χ1n) is 16.4. The molecule has 0 heterocycles. The van der Waals surface area contributed by atoms with Gasteiger partial charge in [0.2, 0.25) is 0 Å². The van der Waals surface area contributed by atoms with E-state index in [2.05, 4.69) is 102 Å². The number of nitrogens with one attached hydrogen (secondary N) is 1. The van der Waals surface area contributed by atoms with Crippen molar-refractivity contribution >= 4 is 36.5 Å². The Kier molecular flexibility index (Phi) is 13.0. The van der Waals surface area contributed by atoms with Crippen molar-refractivity contribution in [2.24, 2.45) is 0 Å². The molecule has 0 saturated heterocycles. The topological polar surface area (TPSA) is 47.6 Å². The molecule has 6 rings (SSSR count). The number of ether oxygens (including phenoxy) is 2. The normalized spacial score (nSPS) is 11.8. The molecule has 1 amide bonds. The predicted molar refractivity (Wildman–Crippen MR) is 200 cm³/mol. The summed E-state index contributed by atoms with van der Waals surface area (Å²) in [7, 11) is -8.49. The maximum atomic E-state index is 13.7. The van der Waals surface area contributed by atoms with E-state index in [4.69, 9.17) is 9.47 Å². The Bertz CT molecular complexity index is 1800. The maximum Gasteiger partial charge on any atom is 0.673 e. The highest BCUT2D eigenvalue weighted by Crippen LogP contribution is 2.59. The van der Waals surface area contributed by atoms with E-state index in [0.29, 0.717) is 13.0 Å². The van der Waals surface area contributed by atoms with E-state index in [-0.39, 0.29) is 12.4 Å². The Hall–Kier alpha value is -5.40. The van der Waals surface area contributed by atoms with E-state index in [1.165, 1.54) is 15.9 Å².